The van der Waals surface area contributed by atoms with Crippen molar-refractivity contribution in [3.05, 3.63) is 134 Å². The van der Waals surface area contributed by atoms with Crippen LogP contribution in [0, 0.1) is 0 Å². The molecule has 3 aliphatic rings. The molecule has 17 unspecified atom stereocenters. The van der Waals surface area contributed by atoms with Gasteiger partial charge in [-0.25, -0.2) is 0 Å². The number of rotatable bonds is 53. The Morgan fingerprint density at radius 2 is 0.737 bits per heavy atom. The van der Waals surface area contributed by atoms with E-state index in [1.54, 1.807) is 6.08 Å². The van der Waals surface area contributed by atoms with Gasteiger partial charge in [0.15, 0.2) is 18.9 Å². The molecule has 0 aromatic carbocycles. The molecule has 0 saturated carbocycles. The van der Waals surface area contributed by atoms with Gasteiger partial charge in [0.2, 0.25) is 5.91 Å². The molecule has 19 heteroatoms. The normalized spacial score (nSPS) is 28.0. The number of hydrogen-bond donors (Lipinski definition) is 12. The summed E-state index contributed by atoms with van der Waals surface area (Å²) in [6.07, 6.45) is 51.4. The van der Waals surface area contributed by atoms with Crippen molar-refractivity contribution < 1.29 is 89.4 Å². The van der Waals surface area contributed by atoms with Gasteiger partial charge in [-0.05, 0) is 103 Å². The molecule has 3 aliphatic heterocycles. The molecule has 3 heterocycles. The molecule has 19 nitrogen and oxygen atoms in total. The molecule has 17 atom stereocenters. The highest BCUT2D eigenvalue weighted by atomic mass is 16.8. The van der Waals surface area contributed by atoms with Gasteiger partial charge in [0.1, 0.15) is 73.2 Å². The number of aliphatic hydroxyl groups is 11. The quantitative estimate of drug-likeness (QED) is 0.0199. The number of amides is 1. The number of unbranched alkanes of at least 4 members (excludes halogenated alkanes) is 17. The summed E-state index contributed by atoms with van der Waals surface area (Å²) in [6, 6.07) is -1.01. The topological polar surface area (TPSA) is 307 Å². The van der Waals surface area contributed by atoms with E-state index >= 15 is 0 Å². The summed E-state index contributed by atoms with van der Waals surface area (Å²) in [5.41, 5.74) is 0. The van der Waals surface area contributed by atoms with E-state index in [0.29, 0.717) is 12.8 Å². The maximum Gasteiger partial charge on any atom is 0.220 e. The maximum atomic E-state index is 13.4. The molecular formula is C76H125NO18. The second kappa shape index (κ2) is 55.8. The van der Waals surface area contributed by atoms with Gasteiger partial charge < -0.3 is 89.9 Å². The lowest BCUT2D eigenvalue weighted by Gasteiger charge is -2.48. The molecule has 542 valence electrons. The third-order valence-corrected chi connectivity index (χ3v) is 16.9. The van der Waals surface area contributed by atoms with E-state index in [4.69, 9.17) is 28.4 Å². The van der Waals surface area contributed by atoms with E-state index in [0.717, 1.165) is 109 Å². The lowest BCUT2D eigenvalue weighted by molar-refractivity contribution is -0.379. The van der Waals surface area contributed by atoms with E-state index in [2.05, 4.69) is 141 Å². The number of aliphatic hydroxyl groups excluding tert-OH is 11. The lowest BCUT2D eigenvalue weighted by Crippen LogP contribution is -2.66. The van der Waals surface area contributed by atoms with Crippen molar-refractivity contribution in [2.45, 2.75) is 311 Å². The van der Waals surface area contributed by atoms with Crippen LogP contribution in [0.5, 0.6) is 0 Å². The molecule has 0 bridgehead atoms. The van der Waals surface area contributed by atoms with Gasteiger partial charge in [-0.15, -0.1) is 0 Å². The Balaban J connectivity index is 1.42. The molecule has 0 aromatic heterocycles. The molecule has 1 amide bonds. The van der Waals surface area contributed by atoms with Crippen molar-refractivity contribution >= 4 is 5.91 Å². The summed E-state index contributed by atoms with van der Waals surface area (Å²) in [7, 11) is 0. The average Bonchev–Trinajstić information content (AvgIpc) is 0.786. The SMILES string of the molecule is CC/C=C\C/C=C\C/C=C\C/C=C\C/C=C\C/C=C\C/C=C\C/C=C\C/C=C\CCCCCCCC(=O)NC(COC1OC(CO)C(OC2OC(CO)C(OC3OC(CO)C(O)C(O)C3O)C(O)C2O)C(O)C1O)C(O)/C=C/CC/C=C/CCCCCCCCCCCCC. The molecule has 0 radical (unpaired) electrons. The highest BCUT2D eigenvalue weighted by Gasteiger charge is 2.53. The van der Waals surface area contributed by atoms with Gasteiger partial charge in [0, 0.05) is 6.42 Å². The van der Waals surface area contributed by atoms with E-state index in [1.807, 2.05) is 6.08 Å². The molecule has 0 aromatic rings. The zero-order valence-corrected chi connectivity index (χ0v) is 57.3. The van der Waals surface area contributed by atoms with Gasteiger partial charge >= 0.3 is 0 Å². The first-order valence-electron chi connectivity index (χ1n) is 35.9. The van der Waals surface area contributed by atoms with Gasteiger partial charge in [-0.2, -0.15) is 0 Å². The number of allylic oxidation sites excluding steroid dienone is 21. The standard InChI is InChI=1S/C76H125NO18/c1-3-5-7-9-11-13-15-17-19-21-22-23-24-25-26-27-28-29-30-31-32-33-34-35-36-38-40-42-44-46-48-50-52-54-64(82)77-59(60(81)53-51-49-47-45-43-41-39-37-20-18-16-14-12-10-8-6-4-2)58-90-74-70(88)67(85)72(62(56-79)92-74)95-76-71(89)68(86)73(63(57-80)93-76)94-75-69(87)66(84)65(83)61(55-78)91-75/h5,7,11,13,17,19,22-23,25-26,28-29,31-32,34-35,38,40,43,45,51,53,59-63,65-76,78-81,83-89H,3-4,6,8-10,12,14-16,18,20-21,24,27,30,33,36-37,39,41-42,44,46-50,52,54-58H2,1-2H3,(H,77,82)/b7-5-,13-11-,19-17-,23-22-,26-25-,29-28-,32-31-,35-34-,40-38-,45-43+,53-51+. The van der Waals surface area contributed by atoms with Crippen LogP contribution in [0.2, 0.25) is 0 Å². The van der Waals surface area contributed by atoms with Gasteiger partial charge in [0.05, 0.1) is 38.6 Å². The smallest absolute Gasteiger partial charge is 0.220 e. The first-order chi connectivity index (χ1) is 46.3. The van der Waals surface area contributed by atoms with E-state index in [-0.39, 0.29) is 18.9 Å². The van der Waals surface area contributed by atoms with Gasteiger partial charge in [-0.1, -0.05) is 231 Å². The highest BCUT2D eigenvalue weighted by molar-refractivity contribution is 5.76. The van der Waals surface area contributed by atoms with Crippen LogP contribution < -0.4 is 5.32 Å². The first kappa shape index (κ1) is 85.2. The minimum absolute atomic E-state index is 0.204. The Hall–Kier alpha value is -4.07. The summed E-state index contributed by atoms with van der Waals surface area (Å²) in [6.45, 7) is 1.56. The van der Waals surface area contributed by atoms with Gasteiger partial charge in [-0.3, -0.25) is 4.79 Å². The van der Waals surface area contributed by atoms with E-state index in [1.165, 1.54) is 64.2 Å². The Kier molecular flexibility index (Phi) is 50.0. The van der Waals surface area contributed by atoms with Crippen LogP contribution in [0.15, 0.2) is 134 Å². The van der Waals surface area contributed by atoms with Crippen LogP contribution in [0.1, 0.15) is 206 Å². The lowest BCUT2D eigenvalue weighted by atomic mass is 9.96. The van der Waals surface area contributed by atoms with E-state index < -0.39 is 124 Å². The van der Waals surface area contributed by atoms with Crippen LogP contribution in [0.25, 0.3) is 0 Å². The van der Waals surface area contributed by atoms with Crippen LogP contribution >= 0.6 is 0 Å². The molecule has 0 aliphatic carbocycles. The van der Waals surface area contributed by atoms with Crippen molar-refractivity contribution in [2.75, 3.05) is 26.4 Å². The minimum Gasteiger partial charge on any atom is -0.394 e. The Labute approximate surface area is 569 Å². The Morgan fingerprint density at radius 1 is 0.389 bits per heavy atom. The Morgan fingerprint density at radius 3 is 1.18 bits per heavy atom. The van der Waals surface area contributed by atoms with Crippen molar-refractivity contribution in [3.63, 3.8) is 0 Å². The molecule has 12 N–H and O–H groups in total. The molecular weight excluding hydrogens is 1210 g/mol. The molecule has 3 saturated heterocycles. The summed E-state index contributed by atoms with van der Waals surface area (Å²) in [4.78, 5) is 13.4. The maximum absolute atomic E-state index is 13.4. The second-order valence-electron chi connectivity index (χ2n) is 25.0. The number of carbonyl (C=O) groups excluding carboxylic acids is 1. The van der Waals surface area contributed by atoms with Crippen molar-refractivity contribution in [3.8, 4) is 0 Å². The van der Waals surface area contributed by atoms with Gasteiger partial charge in [0.25, 0.3) is 0 Å². The third kappa shape index (κ3) is 37.1. The number of ether oxygens (including phenoxy) is 6. The fraction of sp³-hybridized carbons (Fsp3) is 0.697. The van der Waals surface area contributed by atoms with Crippen LogP contribution in [0.3, 0.4) is 0 Å². The summed E-state index contributed by atoms with van der Waals surface area (Å²) >= 11 is 0. The number of carbonyl (C=O) groups is 1. The second-order valence-corrected chi connectivity index (χ2v) is 25.0. The number of nitrogens with one attached hydrogen (secondary N) is 1. The largest absolute Gasteiger partial charge is 0.394 e. The molecule has 3 fully saturated rings. The summed E-state index contributed by atoms with van der Waals surface area (Å²) in [5.74, 6) is -0.310. The van der Waals surface area contributed by atoms with Crippen molar-refractivity contribution in [1.82, 2.24) is 5.32 Å². The highest BCUT2D eigenvalue weighted by Crippen LogP contribution is 2.33. The van der Waals surface area contributed by atoms with Crippen molar-refractivity contribution in [2.24, 2.45) is 0 Å². The molecule has 3 rings (SSSR count). The monoisotopic (exact) mass is 1340 g/mol. The predicted octanol–water partition coefficient (Wildman–Crippen LogP) is 10.2. The third-order valence-electron chi connectivity index (χ3n) is 16.9. The number of hydrogen-bond acceptors (Lipinski definition) is 18. The average molecular weight is 1340 g/mol. The zero-order chi connectivity index (χ0) is 68.9. The summed E-state index contributed by atoms with van der Waals surface area (Å²) in [5, 5.41) is 121. The fourth-order valence-corrected chi connectivity index (χ4v) is 11.1. The first-order valence-corrected chi connectivity index (χ1v) is 35.9. The summed E-state index contributed by atoms with van der Waals surface area (Å²) < 4.78 is 34.3. The molecule has 95 heavy (non-hydrogen) atoms. The molecule has 0 spiro atoms. The van der Waals surface area contributed by atoms with Crippen LogP contribution in [-0.2, 0) is 33.2 Å². The van der Waals surface area contributed by atoms with E-state index in [9.17, 15) is 61.0 Å². The minimum atomic E-state index is -1.99. The van der Waals surface area contributed by atoms with Crippen molar-refractivity contribution in [1.29, 1.82) is 0 Å². The zero-order valence-electron chi connectivity index (χ0n) is 57.3. The van der Waals surface area contributed by atoms with Crippen LogP contribution in [0.4, 0.5) is 0 Å². The Bertz CT molecular complexity index is 2240. The van der Waals surface area contributed by atoms with Crippen LogP contribution in [-0.4, -0.2) is 193 Å². The predicted molar refractivity (Wildman–Crippen MR) is 373 cm³/mol. The fourth-order valence-electron chi connectivity index (χ4n) is 11.1.